The van der Waals surface area contributed by atoms with E-state index in [4.69, 9.17) is 14.5 Å². The summed E-state index contributed by atoms with van der Waals surface area (Å²) in [6.45, 7) is 8.19. The third-order valence-electron chi connectivity index (χ3n) is 8.69. The van der Waals surface area contributed by atoms with Gasteiger partial charge in [-0.25, -0.2) is 28.8 Å². The van der Waals surface area contributed by atoms with Crippen LogP contribution >= 0.6 is 0 Å². The van der Waals surface area contributed by atoms with Gasteiger partial charge in [-0.15, -0.1) is 0 Å². The number of aliphatic imine (C=N–C) groups is 2. The predicted octanol–water partition coefficient (Wildman–Crippen LogP) is 2.39. The molecule has 0 aliphatic carbocycles. The topological polar surface area (TPSA) is 142 Å². The second-order valence-corrected chi connectivity index (χ2v) is 13.4. The third-order valence-corrected chi connectivity index (χ3v) is 10.6. The molecule has 3 aliphatic rings. The number of benzene rings is 1. The van der Waals surface area contributed by atoms with E-state index in [-0.39, 0.29) is 23.4 Å². The van der Waals surface area contributed by atoms with Crippen molar-refractivity contribution < 1.29 is 22.7 Å². The maximum atomic E-state index is 14.0. The van der Waals surface area contributed by atoms with Gasteiger partial charge in [0.25, 0.3) is 5.91 Å². The Morgan fingerprint density at radius 3 is 2.45 bits per heavy atom. The number of fused-ring (bicyclic) bond motifs is 1. The SMILES string of the molecule is CCC1C2=NC(c3cc(S(=O)(=O)N4CCN(CC)CC4)ccc3-c3cccnc3OCCOC)=NC(=O)C2NN1Cc1ccccn1. The number of piperazine rings is 1. The number of nitrogens with zero attached hydrogens (tertiary/aromatic N) is 7. The van der Waals surface area contributed by atoms with Gasteiger partial charge in [0.2, 0.25) is 15.9 Å². The van der Waals surface area contributed by atoms with Crippen LogP contribution < -0.4 is 10.2 Å². The number of amides is 1. The maximum Gasteiger partial charge on any atom is 0.272 e. The first-order chi connectivity index (χ1) is 22.8. The molecule has 13 nitrogen and oxygen atoms in total. The number of ether oxygens (including phenoxy) is 2. The number of hydrogen-bond acceptors (Lipinski definition) is 11. The smallest absolute Gasteiger partial charge is 0.272 e. The highest BCUT2D eigenvalue weighted by atomic mass is 32.2. The molecule has 0 radical (unpaired) electrons. The van der Waals surface area contributed by atoms with Crippen LogP contribution in [0.25, 0.3) is 11.1 Å². The lowest BCUT2D eigenvalue weighted by atomic mass is 9.97. The van der Waals surface area contributed by atoms with Crippen LogP contribution in [-0.4, -0.2) is 115 Å². The van der Waals surface area contributed by atoms with E-state index >= 15 is 0 Å². The normalized spacial score (nSPS) is 21.0. The van der Waals surface area contributed by atoms with Gasteiger partial charge in [-0.1, -0.05) is 26.0 Å². The predicted molar refractivity (Wildman–Crippen MR) is 178 cm³/mol. The maximum absolute atomic E-state index is 14.0. The number of likely N-dealkylation sites (N-methyl/N-ethyl adjacent to an activating group) is 1. The molecular weight excluding hydrogens is 620 g/mol. The minimum atomic E-state index is -3.84. The van der Waals surface area contributed by atoms with Crippen LogP contribution in [0.1, 0.15) is 31.5 Å². The Labute approximate surface area is 275 Å². The fourth-order valence-corrected chi connectivity index (χ4v) is 7.60. The van der Waals surface area contributed by atoms with E-state index in [2.05, 4.69) is 32.2 Å². The van der Waals surface area contributed by atoms with Crippen molar-refractivity contribution in [3.8, 4) is 17.0 Å². The Kier molecular flexibility index (Phi) is 10.2. The van der Waals surface area contributed by atoms with Gasteiger partial charge in [0.05, 0.1) is 35.5 Å². The number of methoxy groups -OCH3 is 1. The number of amidine groups is 1. The Morgan fingerprint density at radius 1 is 0.915 bits per heavy atom. The third kappa shape index (κ3) is 6.89. The van der Waals surface area contributed by atoms with Gasteiger partial charge in [0, 0.05) is 56.8 Å². The van der Waals surface area contributed by atoms with Crippen molar-refractivity contribution in [2.75, 3.05) is 53.0 Å². The number of carbonyl (C=O) groups is 1. The summed E-state index contributed by atoms with van der Waals surface area (Å²) in [6.07, 6.45) is 4.04. The van der Waals surface area contributed by atoms with E-state index in [0.717, 1.165) is 12.2 Å². The Bertz CT molecular complexity index is 1760. The molecule has 2 atom stereocenters. The minimum absolute atomic E-state index is 0.109. The molecule has 1 amide bonds. The molecule has 2 saturated heterocycles. The number of pyridine rings is 2. The molecule has 1 N–H and O–H groups in total. The fourth-order valence-electron chi connectivity index (χ4n) is 6.15. The summed E-state index contributed by atoms with van der Waals surface area (Å²) in [7, 11) is -2.26. The van der Waals surface area contributed by atoms with Crippen molar-refractivity contribution >= 4 is 27.5 Å². The molecule has 14 heteroatoms. The van der Waals surface area contributed by atoms with E-state index in [0.29, 0.717) is 74.0 Å². The average molecular weight is 661 g/mol. The number of carbonyl (C=O) groups excluding carboxylic acids is 1. The van der Waals surface area contributed by atoms with Gasteiger partial charge in [-0.2, -0.15) is 9.30 Å². The van der Waals surface area contributed by atoms with Crippen molar-refractivity contribution in [2.24, 2.45) is 9.98 Å². The van der Waals surface area contributed by atoms with Crippen LogP contribution in [-0.2, 0) is 26.1 Å². The zero-order valence-corrected chi connectivity index (χ0v) is 27.7. The van der Waals surface area contributed by atoms with Crippen LogP contribution in [0.15, 0.2) is 75.8 Å². The summed E-state index contributed by atoms with van der Waals surface area (Å²) in [5, 5.41) is 1.97. The van der Waals surface area contributed by atoms with Gasteiger partial charge in [0.1, 0.15) is 12.6 Å². The van der Waals surface area contributed by atoms with Gasteiger partial charge < -0.3 is 14.4 Å². The first-order valence-electron chi connectivity index (χ1n) is 15.9. The molecule has 5 heterocycles. The molecule has 2 unspecified atom stereocenters. The molecule has 248 valence electrons. The first-order valence-corrected chi connectivity index (χ1v) is 17.4. The van der Waals surface area contributed by atoms with E-state index in [9.17, 15) is 13.2 Å². The number of nitrogens with one attached hydrogen (secondary N) is 1. The largest absolute Gasteiger partial charge is 0.475 e. The summed E-state index contributed by atoms with van der Waals surface area (Å²) in [4.78, 5) is 34.3. The van der Waals surface area contributed by atoms with Gasteiger partial charge >= 0.3 is 0 Å². The Balaban J connectivity index is 1.42. The summed E-state index contributed by atoms with van der Waals surface area (Å²) < 4.78 is 40.5. The molecule has 0 saturated carbocycles. The first kappa shape index (κ1) is 33.0. The lowest BCUT2D eigenvalue weighted by Gasteiger charge is -2.33. The molecule has 3 aromatic rings. The van der Waals surface area contributed by atoms with Crippen molar-refractivity contribution in [2.45, 2.75) is 43.8 Å². The van der Waals surface area contributed by atoms with E-state index in [1.807, 2.05) is 36.2 Å². The molecular formula is C33H40N8O5S. The molecule has 0 bridgehead atoms. The lowest BCUT2D eigenvalue weighted by molar-refractivity contribution is -0.118. The van der Waals surface area contributed by atoms with Gasteiger partial charge in [-0.3, -0.25) is 9.78 Å². The number of aromatic nitrogens is 2. The minimum Gasteiger partial charge on any atom is -0.475 e. The quantitative estimate of drug-likeness (QED) is 0.288. The van der Waals surface area contributed by atoms with E-state index in [1.165, 1.54) is 4.31 Å². The fraction of sp³-hybridized carbons (Fsp3) is 0.424. The summed E-state index contributed by atoms with van der Waals surface area (Å²) in [5.74, 6) is 0.0984. The van der Waals surface area contributed by atoms with Crippen LogP contribution in [0.4, 0.5) is 0 Å². The van der Waals surface area contributed by atoms with Crippen LogP contribution in [0, 0.1) is 0 Å². The van der Waals surface area contributed by atoms with Crippen molar-refractivity contribution in [3.05, 3.63) is 72.2 Å². The molecule has 1 aromatic carbocycles. The standard InChI is InChI=1S/C33H40N8O5S/c1-4-28-29-30(38-41(28)22-23-9-6-7-13-34-23)32(42)37-31(36-29)27-21-24(47(43,44)40-17-15-39(5-2)16-18-40)11-12-25(27)26-10-8-14-35-33(26)46-20-19-45-3/h6-14,21,28,30,38H,4-5,15-20,22H2,1-3H3. The molecule has 0 spiro atoms. The zero-order chi connectivity index (χ0) is 33.0. The molecule has 47 heavy (non-hydrogen) atoms. The highest BCUT2D eigenvalue weighted by Crippen LogP contribution is 2.35. The van der Waals surface area contributed by atoms with Crippen molar-refractivity contribution in [1.29, 1.82) is 0 Å². The van der Waals surface area contributed by atoms with Crippen LogP contribution in [0.5, 0.6) is 5.88 Å². The summed E-state index contributed by atoms with van der Waals surface area (Å²) in [6, 6.07) is 13.3. The van der Waals surface area contributed by atoms with Crippen molar-refractivity contribution in [1.82, 2.24) is 29.6 Å². The summed E-state index contributed by atoms with van der Waals surface area (Å²) >= 11 is 0. The number of sulfonamides is 1. The average Bonchev–Trinajstić information content (AvgIpc) is 3.46. The molecule has 2 aromatic heterocycles. The number of rotatable bonds is 12. The Morgan fingerprint density at radius 2 is 1.72 bits per heavy atom. The Hall–Kier alpha value is -3.92. The summed E-state index contributed by atoms with van der Waals surface area (Å²) in [5.41, 5.74) is 6.39. The van der Waals surface area contributed by atoms with E-state index in [1.54, 1.807) is 43.8 Å². The molecule has 2 fully saturated rings. The van der Waals surface area contributed by atoms with Crippen LogP contribution in [0.2, 0.25) is 0 Å². The zero-order valence-electron chi connectivity index (χ0n) is 26.9. The van der Waals surface area contributed by atoms with Crippen molar-refractivity contribution in [3.63, 3.8) is 0 Å². The molecule has 3 aliphatic heterocycles. The second kappa shape index (κ2) is 14.5. The van der Waals surface area contributed by atoms with Gasteiger partial charge in [0.15, 0.2) is 5.84 Å². The number of hydrogen-bond donors (Lipinski definition) is 1. The van der Waals surface area contributed by atoms with Crippen LogP contribution in [0.3, 0.4) is 0 Å². The lowest BCUT2D eigenvalue weighted by Crippen LogP contribution is -2.48. The number of hydrazine groups is 1. The second-order valence-electron chi connectivity index (χ2n) is 11.5. The highest BCUT2D eigenvalue weighted by Gasteiger charge is 2.44. The molecule has 6 rings (SSSR count). The highest BCUT2D eigenvalue weighted by molar-refractivity contribution is 7.89. The van der Waals surface area contributed by atoms with Gasteiger partial charge in [-0.05, 0) is 54.9 Å². The monoisotopic (exact) mass is 660 g/mol. The van der Waals surface area contributed by atoms with E-state index < -0.39 is 22.0 Å².